The van der Waals surface area contributed by atoms with E-state index in [0.717, 1.165) is 6.08 Å². The van der Waals surface area contributed by atoms with E-state index in [1.165, 1.54) is 7.11 Å². The molecule has 0 unspecified atom stereocenters. The maximum atomic E-state index is 10.1. The Bertz CT molecular complexity index is 155. The number of carbonyl (C=O) groups is 2. The standard InChI is InChI=1S/C5H6O4.2Na/c1-9-5(8)3-2-4(6)7;;/h2-3H,1H3,(H,6,7);;/q;2*+1/b3-2-;;. The molecule has 0 aromatic carbocycles. The normalized spacial score (nSPS) is 7.73. The van der Waals surface area contributed by atoms with Crippen LogP contribution in [0.3, 0.4) is 0 Å². The van der Waals surface area contributed by atoms with E-state index >= 15 is 0 Å². The minimum Gasteiger partial charge on any atom is -0.478 e. The van der Waals surface area contributed by atoms with Gasteiger partial charge in [-0.15, -0.1) is 0 Å². The molecule has 0 aliphatic carbocycles. The number of ether oxygens (including phenoxy) is 1. The van der Waals surface area contributed by atoms with Crippen molar-refractivity contribution < 1.29 is 78.5 Å². The number of hydrogen-bond acceptors (Lipinski definition) is 3. The monoisotopic (exact) mass is 176 g/mol. The second-order valence-electron chi connectivity index (χ2n) is 1.19. The van der Waals surface area contributed by atoms with E-state index in [2.05, 4.69) is 4.74 Å². The number of carboxylic acids is 1. The van der Waals surface area contributed by atoms with E-state index in [1.54, 1.807) is 0 Å². The smallest absolute Gasteiger partial charge is 0.478 e. The number of rotatable bonds is 2. The SMILES string of the molecule is COC(=O)/C=C\C(=O)O.[Na+].[Na+]. The molecule has 0 atom stereocenters. The van der Waals surface area contributed by atoms with Gasteiger partial charge in [-0.25, -0.2) is 9.59 Å². The summed E-state index contributed by atoms with van der Waals surface area (Å²) < 4.78 is 4.11. The molecule has 0 rings (SSSR count). The summed E-state index contributed by atoms with van der Waals surface area (Å²) in [5.41, 5.74) is 0. The van der Waals surface area contributed by atoms with Gasteiger partial charge in [-0.05, 0) is 0 Å². The summed E-state index contributed by atoms with van der Waals surface area (Å²) in [6.07, 6.45) is 1.55. The summed E-state index contributed by atoms with van der Waals surface area (Å²) in [5, 5.41) is 7.96. The van der Waals surface area contributed by atoms with Gasteiger partial charge in [0.05, 0.1) is 7.11 Å². The first-order valence-electron chi connectivity index (χ1n) is 2.15. The first kappa shape index (κ1) is 17.7. The number of aliphatic carboxylic acids is 1. The van der Waals surface area contributed by atoms with E-state index in [0.29, 0.717) is 6.08 Å². The molecule has 4 nitrogen and oxygen atoms in total. The predicted octanol–water partition coefficient (Wildman–Crippen LogP) is -6.19. The van der Waals surface area contributed by atoms with Crippen LogP contribution in [-0.4, -0.2) is 24.2 Å². The van der Waals surface area contributed by atoms with Crippen LogP contribution in [0.15, 0.2) is 12.2 Å². The van der Waals surface area contributed by atoms with Gasteiger partial charge in [0.2, 0.25) is 0 Å². The van der Waals surface area contributed by atoms with Crippen LogP contribution < -0.4 is 59.1 Å². The predicted molar refractivity (Wildman–Crippen MR) is 28.8 cm³/mol. The minimum absolute atomic E-state index is 0. The summed E-state index contributed by atoms with van der Waals surface area (Å²) in [7, 11) is 1.18. The molecule has 0 heterocycles. The zero-order chi connectivity index (χ0) is 7.28. The van der Waals surface area contributed by atoms with Crippen LogP contribution in [0.4, 0.5) is 0 Å². The van der Waals surface area contributed by atoms with Gasteiger partial charge in [-0.1, -0.05) is 0 Å². The number of carboxylic acid groups (broad SMARTS) is 1. The topological polar surface area (TPSA) is 63.6 Å². The second kappa shape index (κ2) is 10.7. The molecule has 0 amide bonds. The molecule has 0 aromatic heterocycles. The van der Waals surface area contributed by atoms with Crippen LogP contribution in [-0.2, 0) is 14.3 Å². The van der Waals surface area contributed by atoms with Gasteiger partial charge in [-0.3, -0.25) is 0 Å². The fourth-order valence-corrected chi connectivity index (χ4v) is 0.207. The molecule has 0 aromatic rings. The fourth-order valence-electron chi connectivity index (χ4n) is 0.207. The van der Waals surface area contributed by atoms with Crippen LogP contribution in [0.5, 0.6) is 0 Å². The third-order valence-corrected chi connectivity index (χ3v) is 0.563. The maximum Gasteiger partial charge on any atom is 1.00 e. The molecule has 0 aliphatic rings. The molecule has 0 bridgehead atoms. The average Bonchev–Trinajstić information content (AvgIpc) is 1.83. The Balaban J connectivity index is -0.000000320. The van der Waals surface area contributed by atoms with Gasteiger partial charge in [0, 0.05) is 12.2 Å². The largest absolute Gasteiger partial charge is 1.00 e. The van der Waals surface area contributed by atoms with Gasteiger partial charge < -0.3 is 9.84 Å². The molecule has 6 heteroatoms. The fraction of sp³-hybridized carbons (Fsp3) is 0.200. The average molecular weight is 176 g/mol. The Kier molecular flexibility index (Phi) is 17.2. The maximum absolute atomic E-state index is 10.1. The van der Waals surface area contributed by atoms with Crippen LogP contribution >= 0.6 is 0 Å². The molecule has 0 fully saturated rings. The Morgan fingerprint density at radius 1 is 1.27 bits per heavy atom. The molecule has 1 N–H and O–H groups in total. The third-order valence-electron chi connectivity index (χ3n) is 0.563. The van der Waals surface area contributed by atoms with Crippen molar-refractivity contribution in [2.45, 2.75) is 0 Å². The van der Waals surface area contributed by atoms with Crippen molar-refractivity contribution in [2.24, 2.45) is 0 Å². The molecule has 0 aliphatic heterocycles. The van der Waals surface area contributed by atoms with Gasteiger partial charge >= 0.3 is 71.1 Å². The van der Waals surface area contributed by atoms with Crippen LogP contribution in [0.1, 0.15) is 0 Å². The van der Waals surface area contributed by atoms with E-state index < -0.39 is 11.9 Å². The molecular formula is C5H6Na2O4+2. The van der Waals surface area contributed by atoms with Gasteiger partial charge in [0.15, 0.2) is 0 Å². The first-order chi connectivity index (χ1) is 4.16. The Hall–Kier alpha value is 0.680. The van der Waals surface area contributed by atoms with Gasteiger partial charge in [-0.2, -0.15) is 0 Å². The van der Waals surface area contributed by atoms with Gasteiger partial charge in [0.25, 0.3) is 0 Å². The van der Waals surface area contributed by atoms with E-state index in [4.69, 9.17) is 5.11 Å². The Morgan fingerprint density at radius 3 is 2.00 bits per heavy atom. The second-order valence-corrected chi connectivity index (χ2v) is 1.19. The van der Waals surface area contributed by atoms with Crippen LogP contribution in [0, 0.1) is 0 Å². The van der Waals surface area contributed by atoms with Crippen molar-refractivity contribution in [2.75, 3.05) is 7.11 Å². The number of methoxy groups -OCH3 is 1. The molecule has 0 spiro atoms. The summed E-state index contributed by atoms with van der Waals surface area (Å²) in [6, 6.07) is 0. The van der Waals surface area contributed by atoms with E-state index in [1.807, 2.05) is 0 Å². The van der Waals surface area contributed by atoms with Crippen LogP contribution in [0.2, 0.25) is 0 Å². The summed E-state index contributed by atoms with van der Waals surface area (Å²) in [6.45, 7) is 0. The molecular weight excluding hydrogens is 170 g/mol. The number of hydrogen-bond donors (Lipinski definition) is 1. The zero-order valence-electron chi connectivity index (χ0n) is 6.83. The van der Waals surface area contributed by atoms with Crippen molar-refractivity contribution in [3.05, 3.63) is 12.2 Å². The summed E-state index contributed by atoms with van der Waals surface area (Å²) in [5.74, 6) is -1.84. The van der Waals surface area contributed by atoms with Crippen molar-refractivity contribution >= 4 is 11.9 Å². The van der Waals surface area contributed by atoms with E-state index in [-0.39, 0.29) is 59.1 Å². The van der Waals surface area contributed by atoms with Gasteiger partial charge in [0.1, 0.15) is 0 Å². The molecule has 50 valence electrons. The summed E-state index contributed by atoms with van der Waals surface area (Å²) >= 11 is 0. The molecule has 0 saturated heterocycles. The summed E-state index contributed by atoms with van der Waals surface area (Å²) in [4.78, 5) is 19.9. The van der Waals surface area contributed by atoms with Crippen molar-refractivity contribution in [1.29, 1.82) is 0 Å². The third kappa shape index (κ3) is 13.6. The van der Waals surface area contributed by atoms with Crippen LogP contribution in [0.25, 0.3) is 0 Å². The van der Waals surface area contributed by atoms with Crippen molar-refractivity contribution in [3.8, 4) is 0 Å². The molecule has 0 radical (unpaired) electrons. The van der Waals surface area contributed by atoms with Crippen molar-refractivity contribution in [1.82, 2.24) is 0 Å². The van der Waals surface area contributed by atoms with E-state index in [9.17, 15) is 9.59 Å². The number of carbonyl (C=O) groups excluding carboxylic acids is 1. The number of esters is 1. The van der Waals surface area contributed by atoms with Crippen molar-refractivity contribution in [3.63, 3.8) is 0 Å². The quantitative estimate of drug-likeness (QED) is 0.258. The Morgan fingerprint density at radius 2 is 1.73 bits per heavy atom. The molecule has 11 heavy (non-hydrogen) atoms. The first-order valence-corrected chi connectivity index (χ1v) is 2.15. The Labute approximate surface area is 109 Å². The minimum atomic E-state index is -1.17. The molecule has 0 saturated carbocycles. The zero-order valence-corrected chi connectivity index (χ0v) is 10.8.